The van der Waals surface area contributed by atoms with E-state index in [0.29, 0.717) is 12.2 Å². The summed E-state index contributed by atoms with van der Waals surface area (Å²) in [5, 5.41) is 0. The first kappa shape index (κ1) is 12.5. The van der Waals surface area contributed by atoms with Gasteiger partial charge in [-0.2, -0.15) is 0 Å². The Morgan fingerprint density at radius 2 is 2.11 bits per heavy atom. The van der Waals surface area contributed by atoms with Crippen LogP contribution in [0.3, 0.4) is 0 Å². The largest absolute Gasteiger partial charge is 0.329 e. The Balaban J connectivity index is 2.10. The summed E-state index contributed by atoms with van der Waals surface area (Å²) in [6, 6.07) is 9.23. The fourth-order valence-corrected chi connectivity index (χ4v) is 1.92. The third kappa shape index (κ3) is 2.65. The number of Topliss-reactive ketones (excluding diaryl/α,β-unsaturated/α-hetero) is 1. The molecule has 1 heterocycles. The Labute approximate surface area is 106 Å². The van der Waals surface area contributed by atoms with Gasteiger partial charge in [-0.1, -0.05) is 30.3 Å². The van der Waals surface area contributed by atoms with Gasteiger partial charge in [0.15, 0.2) is 5.82 Å². The van der Waals surface area contributed by atoms with Crippen molar-refractivity contribution in [2.24, 2.45) is 5.73 Å². The van der Waals surface area contributed by atoms with Crippen LogP contribution in [-0.2, 0) is 13.0 Å². The highest BCUT2D eigenvalue weighted by atomic mass is 16.1. The molecular formula is C14H17N3O. The molecule has 2 N–H and O–H groups in total. The molecule has 0 fully saturated rings. The lowest BCUT2D eigenvalue weighted by Crippen LogP contribution is -2.34. The first-order valence-electron chi connectivity index (χ1n) is 6.07. The number of nitrogens with zero attached hydrogens (tertiary/aromatic N) is 2. The van der Waals surface area contributed by atoms with Crippen LogP contribution in [0.5, 0.6) is 0 Å². The quantitative estimate of drug-likeness (QED) is 0.812. The van der Waals surface area contributed by atoms with Crippen LogP contribution in [0.25, 0.3) is 0 Å². The van der Waals surface area contributed by atoms with E-state index in [1.807, 2.05) is 41.8 Å². The fourth-order valence-electron chi connectivity index (χ4n) is 1.92. The molecular weight excluding hydrogens is 226 g/mol. The maximum Gasteiger partial charge on any atom is 0.215 e. The van der Waals surface area contributed by atoms with E-state index in [1.165, 1.54) is 0 Å². The highest BCUT2D eigenvalue weighted by Gasteiger charge is 2.20. The van der Waals surface area contributed by atoms with Crippen LogP contribution in [0.4, 0.5) is 0 Å². The van der Waals surface area contributed by atoms with Gasteiger partial charge in [0.05, 0.1) is 6.04 Å². The molecule has 4 heteroatoms. The molecule has 94 valence electrons. The minimum atomic E-state index is -0.542. The number of aromatic nitrogens is 2. The molecule has 0 amide bonds. The number of nitrogens with two attached hydrogens (primary N) is 1. The summed E-state index contributed by atoms with van der Waals surface area (Å²) >= 11 is 0. The predicted molar refractivity (Wildman–Crippen MR) is 70.4 cm³/mol. The first-order valence-corrected chi connectivity index (χ1v) is 6.07. The molecule has 18 heavy (non-hydrogen) atoms. The van der Waals surface area contributed by atoms with Crippen molar-refractivity contribution in [2.45, 2.75) is 25.9 Å². The minimum absolute atomic E-state index is 0.106. The Kier molecular flexibility index (Phi) is 3.89. The van der Waals surface area contributed by atoms with Gasteiger partial charge in [0.25, 0.3) is 0 Å². The summed E-state index contributed by atoms with van der Waals surface area (Å²) in [6.07, 6.45) is 3.96. The molecule has 2 rings (SSSR count). The maximum atomic E-state index is 12.2. The molecule has 1 atom stereocenters. The molecule has 1 unspecified atom stereocenters. The number of hydrogen-bond acceptors (Lipinski definition) is 3. The summed E-state index contributed by atoms with van der Waals surface area (Å²) < 4.78 is 1.81. The lowest BCUT2D eigenvalue weighted by molar-refractivity contribution is 0.0946. The summed E-state index contributed by atoms with van der Waals surface area (Å²) in [4.78, 5) is 16.3. The van der Waals surface area contributed by atoms with Crippen molar-refractivity contribution in [1.82, 2.24) is 9.55 Å². The lowest BCUT2D eigenvalue weighted by atomic mass is 10.0. The van der Waals surface area contributed by atoms with E-state index in [2.05, 4.69) is 4.98 Å². The maximum absolute atomic E-state index is 12.2. The summed E-state index contributed by atoms with van der Waals surface area (Å²) in [7, 11) is 0. The van der Waals surface area contributed by atoms with Crippen molar-refractivity contribution in [3.63, 3.8) is 0 Å². The monoisotopic (exact) mass is 243 g/mol. The van der Waals surface area contributed by atoms with Crippen LogP contribution in [-0.4, -0.2) is 21.4 Å². The van der Waals surface area contributed by atoms with Gasteiger partial charge in [0, 0.05) is 18.9 Å². The summed E-state index contributed by atoms with van der Waals surface area (Å²) in [6.45, 7) is 2.69. The van der Waals surface area contributed by atoms with E-state index >= 15 is 0 Å². The Hall–Kier alpha value is -1.94. The molecule has 4 nitrogen and oxygen atoms in total. The van der Waals surface area contributed by atoms with Crippen LogP contribution in [0.2, 0.25) is 0 Å². The number of ketones is 1. The van der Waals surface area contributed by atoms with Crippen molar-refractivity contribution < 1.29 is 4.79 Å². The van der Waals surface area contributed by atoms with E-state index < -0.39 is 6.04 Å². The number of carbonyl (C=O) groups excluding carboxylic acids is 1. The van der Waals surface area contributed by atoms with Gasteiger partial charge in [0.2, 0.25) is 5.78 Å². The Bertz CT molecular complexity index is 519. The second kappa shape index (κ2) is 5.60. The van der Waals surface area contributed by atoms with Crippen molar-refractivity contribution >= 4 is 5.78 Å². The molecule has 0 radical (unpaired) electrons. The minimum Gasteiger partial charge on any atom is -0.329 e. The third-order valence-corrected chi connectivity index (χ3v) is 2.91. The van der Waals surface area contributed by atoms with Gasteiger partial charge in [-0.15, -0.1) is 0 Å². The second-order valence-corrected chi connectivity index (χ2v) is 4.20. The number of benzene rings is 1. The van der Waals surface area contributed by atoms with E-state index in [1.54, 1.807) is 12.4 Å². The van der Waals surface area contributed by atoms with Gasteiger partial charge in [-0.05, 0) is 18.9 Å². The topological polar surface area (TPSA) is 60.9 Å². The molecule has 2 aromatic rings. The van der Waals surface area contributed by atoms with Crippen LogP contribution in [0.15, 0.2) is 42.7 Å². The van der Waals surface area contributed by atoms with Crippen LogP contribution in [0, 0.1) is 0 Å². The standard InChI is InChI=1S/C14H17N3O/c1-2-17-9-8-16-14(17)13(18)12(15)10-11-6-4-3-5-7-11/h3-9,12H,2,10,15H2,1H3. The van der Waals surface area contributed by atoms with E-state index in [9.17, 15) is 4.79 Å². The van der Waals surface area contributed by atoms with Gasteiger partial charge in [-0.25, -0.2) is 4.98 Å². The number of rotatable bonds is 5. The zero-order chi connectivity index (χ0) is 13.0. The average Bonchev–Trinajstić information content (AvgIpc) is 2.87. The number of imidazole rings is 1. The Morgan fingerprint density at radius 3 is 2.78 bits per heavy atom. The summed E-state index contributed by atoms with van der Waals surface area (Å²) in [5.74, 6) is 0.339. The molecule has 0 aliphatic carbocycles. The highest BCUT2D eigenvalue weighted by Crippen LogP contribution is 2.07. The number of carbonyl (C=O) groups is 1. The van der Waals surface area contributed by atoms with Crippen molar-refractivity contribution in [2.75, 3.05) is 0 Å². The molecule has 0 saturated carbocycles. The molecule has 1 aromatic carbocycles. The molecule has 0 aliphatic heterocycles. The normalized spacial score (nSPS) is 12.3. The van der Waals surface area contributed by atoms with Gasteiger partial charge < -0.3 is 10.3 Å². The smallest absolute Gasteiger partial charge is 0.215 e. The lowest BCUT2D eigenvalue weighted by Gasteiger charge is -2.11. The third-order valence-electron chi connectivity index (χ3n) is 2.91. The molecule has 0 bridgehead atoms. The molecule has 1 aromatic heterocycles. The van der Waals surface area contributed by atoms with Crippen molar-refractivity contribution in [3.05, 3.63) is 54.1 Å². The molecule has 0 spiro atoms. The second-order valence-electron chi connectivity index (χ2n) is 4.20. The van der Waals surface area contributed by atoms with Crippen LogP contribution >= 0.6 is 0 Å². The van der Waals surface area contributed by atoms with Crippen LogP contribution < -0.4 is 5.73 Å². The van der Waals surface area contributed by atoms with Gasteiger partial charge >= 0.3 is 0 Å². The molecule has 0 saturated heterocycles. The zero-order valence-electron chi connectivity index (χ0n) is 10.4. The first-order chi connectivity index (χ1) is 8.72. The van der Waals surface area contributed by atoms with E-state index in [-0.39, 0.29) is 5.78 Å². The fraction of sp³-hybridized carbons (Fsp3) is 0.286. The van der Waals surface area contributed by atoms with E-state index in [4.69, 9.17) is 5.73 Å². The number of hydrogen-bond donors (Lipinski definition) is 1. The van der Waals surface area contributed by atoms with Crippen molar-refractivity contribution in [1.29, 1.82) is 0 Å². The zero-order valence-corrected chi connectivity index (χ0v) is 10.4. The Morgan fingerprint density at radius 1 is 1.39 bits per heavy atom. The summed E-state index contributed by atoms with van der Waals surface area (Å²) in [5.41, 5.74) is 7.02. The predicted octanol–water partition coefficient (Wildman–Crippen LogP) is 1.66. The SMILES string of the molecule is CCn1ccnc1C(=O)C(N)Cc1ccccc1. The van der Waals surface area contributed by atoms with Gasteiger partial charge in [-0.3, -0.25) is 4.79 Å². The average molecular weight is 243 g/mol. The molecule has 0 aliphatic rings. The van der Waals surface area contributed by atoms with Gasteiger partial charge in [0.1, 0.15) is 0 Å². The highest BCUT2D eigenvalue weighted by molar-refractivity contribution is 5.97. The van der Waals surface area contributed by atoms with Crippen LogP contribution in [0.1, 0.15) is 23.1 Å². The van der Waals surface area contributed by atoms with Crippen molar-refractivity contribution in [3.8, 4) is 0 Å². The number of aryl methyl sites for hydroxylation is 1. The van der Waals surface area contributed by atoms with E-state index in [0.717, 1.165) is 12.1 Å².